The van der Waals surface area contributed by atoms with Crippen LogP contribution in [0.15, 0.2) is 64.3 Å². The summed E-state index contributed by atoms with van der Waals surface area (Å²) in [6.07, 6.45) is 1.75. The second-order valence-electron chi connectivity index (χ2n) is 7.84. The second-order valence-corrected chi connectivity index (χ2v) is 9.52. The SMILES string of the molecule is COc1cccc(C=C2SC(=S)N(CCC(=O)Nc3c(C)n(C)n(-c4ccccc4)c3=O)C2=O)c1. The van der Waals surface area contributed by atoms with Gasteiger partial charge in [0.25, 0.3) is 11.5 Å². The Hall–Kier alpha value is -3.63. The summed E-state index contributed by atoms with van der Waals surface area (Å²) in [7, 11) is 3.34. The summed E-state index contributed by atoms with van der Waals surface area (Å²) in [5, 5.41) is 2.72. The van der Waals surface area contributed by atoms with Gasteiger partial charge in [-0.3, -0.25) is 24.0 Å². The van der Waals surface area contributed by atoms with Gasteiger partial charge in [-0.25, -0.2) is 4.68 Å². The maximum atomic E-state index is 13.0. The standard InChI is InChI=1S/C25H24N4O4S2/c1-16-22(24(32)29(27(16)2)18-9-5-4-6-10-18)26-21(30)12-13-28-23(31)20(35-25(28)34)15-17-8-7-11-19(14-17)33-3/h4-11,14-15H,12-13H2,1-3H3,(H,26,30). The van der Waals surface area contributed by atoms with E-state index in [9.17, 15) is 14.4 Å². The van der Waals surface area contributed by atoms with Crippen molar-refractivity contribution in [3.63, 3.8) is 0 Å². The average Bonchev–Trinajstić information content (AvgIpc) is 3.24. The van der Waals surface area contributed by atoms with Crippen LogP contribution < -0.4 is 15.6 Å². The molecule has 1 aliphatic rings. The molecule has 1 N–H and O–H groups in total. The Bertz CT molecular complexity index is 1390. The number of nitrogens with one attached hydrogen (secondary N) is 1. The van der Waals surface area contributed by atoms with Crippen LogP contribution in [0.1, 0.15) is 17.7 Å². The number of ether oxygens (including phenoxy) is 1. The highest BCUT2D eigenvalue weighted by Crippen LogP contribution is 2.33. The first-order valence-electron chi connectivity index (χ1n) is 10.8. The molecule has 2 amide bonds. The van der Waals surface area contributed by atoms with Crippen LogP contribution >= 0.6 is 24.0 Å². The lowest BCUT2D eigenvalue weighted by Crippen LogP contribution is -2.32. The molecular formula is C25H24N4O4S2. The number of rotatable bonds is 7. The van der Waals surface area contributed by atoms with E-state index in [1.54, 1.807) is 31.8 Å². The monoisotopic (exact) mass is 508 g/mol. The molecule has 10 heteroatoms. The molecule has 8 nitrogen and oxygen atoms in total. The third kappa shape index (κ3) is 5.08. The maximum Gasteiger partial charge on any atom is 0.295 e. The number of anilines is 1. The summed E-state index contributed by atoms with van der Waals surface area (Å²) in [5.41, 5.74) is 2.03. The Morgan fingerprint density at radius 3 is 2.60 bits per heavy atom. The molecule has 0 radical (unpaired) electrons. The topological polar surface area (TPSA) is 85.6 Å². The molecule has 1 aliphatic heterocycles. The molecule has 0 bridgehead atoms. The van der Waals surface area contributed by atoms with Crippen LogP contribution in [0, 0.1) is 6.92 Å². The first-order chi connectivity index (χ1) is 16.8. The van der Waals surface area contributed by atoms with Crippen LogP contribution in [0.25, 0.3) is 11.8 Å². The summed E-state index contributed by atoms with van der Waals surface area (Å²) in [4.78, 5) is 40.5. The van der Waals surface area contributed by atoms with E-state index in [0.717, 1.165) is 5.56 Å². The molecule has 1 saturated heterocycles. The van der Waals surface area contributed by atoms with Crippen molar-refractivity contribution in [3.05, 3.63) is 81.1 Å². The highest BCUT2D eigenvalue weighted by Gasteiger charge is 2.32. The van der Waals surface area contributed by atoms with Crippen molar-refractivity contribution in [3.8, 4) is 11.4 Å². The van der Waals surface area contributed by atoms with Gasteiger partial charge in [0, 0.05) is 20.0 Å². The van der Waals surface area contributed by atoms with E-state index in [4.69, 9.17) is 17.0 Å². The van der Waals surface area contributed by atoms with E-state index >= 15 is 0 Å². The summed E-state index contributed by atoms with van der Waals surface area (Å²) < 4.78 is 8.80. The second kappa shape index (κ2) is 10.3. The van der Waals surface area contributed by atoms with E-state index in [2.05, 4.69) is 5.32 Å². The number of methoxy groups -OCH3 is 1. The van der Waals surface area contributed by atoms with Gasteiger partial charge >= 0.3 is 0 Å². The van der Waals surface area contributed by atoms with Gasteiger partial charge in [-0.1, -0.05) is 54.3 Å². The van der Waals surface area contributed by atoms with Crippen molar-refractivity contribution in [1.29, 1.82) is 0 Å². The van der Waals surface area contributed by atoms with Gasteiger partial charge in [0.15, 0.2) is 0 Å². The normalized spacial score (nSPS) is 14.6. The van der Waals surface area contributed by atoms with Crippen molar-refractivity contribution in [2.24, 2.45) is 7.05 Å². The minimum atomic E-state index is -0.373. The molecule has 3 aromatic rings. The number of hydrogen-bond donors (Lipinski definition) is 1. The summed E-state index contributed by atoms with van der Waals surface area (Å²) in [5.74, 6) is 0.0632. The Kier molecular flexibility index (Phi) is 7.23. The predicted octanol–water partition coefficient (Wildman–Crippen LogP) is 3.72. The van der Waals surface area contributed by atoms with E-state index in [-0.39, 0.29) is 36.0 Å². The van der Waals surface area contributed by atoms with Gasteiger partial charge in [-0.15, -0.1) is 0 Å². The van der Waals surface area contributed by atoms with Crippen LogP contribution in [0.5, 0.6) is 5.75 Å². The van der Waals surface area contributed by atoms with Crippen LogP contribution in [-0.4, -0.2) is 44.1 Å². The Morgan fingerprint density at radius 2 is 1.89 bits per heavy atom. The molecule has 0 aliphatic carbocycles. The zero-order valence-corrected chi connectivity index (χ0v) is 21.1. The van der Waals surface area contributed by atoms with Gasteiger partial charge in [0.05, 0.1) is 23.4 Å². The molecule has 0 spiro atoms. The first kappa shape index (κ1) is 24.5. The molecule has 4 rings (SSSR count). The molecule has 0 saturated carbocycles. The van der Waals surface area contributed by atoms with E-state index in [0.29, 0.717) is 26.4 Å². The molecule has 1 aromatic heterocycles. The fourth-order valence-electron chi connectivity index (χ4n) is 3.70. The van der Waals surface area contributed by atoms with Gasteiger partial charge in [0.1, 0.15) is 15.8 Å². The number of thiocarbonyl (C=S) groups is 1. The van der Waals surface area contributed by atoms with Gasteiger partial charge in [-0.05, 0) is 42.8 Å². The van der Waals surface area contributed by atoms with Crippen molar-refractivity contribution in [1.82, 2.24) is 14.3 Å². The molecule has 2 aromatic carbocycles. The average molecular weight is 509 g/mol. The molecule has 180 valence electrons. The largest absolute Gasteiger partial charge is 0.497 e. The van der Waals surface area contributed by atoms with Gasteiger partial charge in [-0.2, -0.15) is 0 Å². The minimum Gasteiger partial charge on any atom is -0.497 e. The van der Waals surface area contributed by atoms with Crippen LogP contribution in [-0.2, 0) is 16.6 Å². The van der Waals surface area contributed by atoms with E-state index < -0.39 is 0 Å². The Morgan fingerprint density at radius 1 is 1.14 bits per heavy atom. The highest BCUT2D eigenvalue weighted by molar-refractivity contribution is 8.26. The highest BCUT2D eigenvalue weighted by atomic mass is 32.2. The van der Waals surface area contributed by atoms with Gasteiger partial charge in [0.2, 0.25) is 5.91 Å². The summed E-state index contributed by atoms with van der Waals surface area (Å²) >= 11 is 6.56. The van der Waals surface area contributed by atoms with Crippen LogP contribution in [0.3, 0.4) is 0 Å². The lowest BCUT2D eigenvalue weighted by atomic mass is 10.2. The fourth-order valence-corrected chi connectivity index (χ4v) is 5.01. The van der Waals surface area contributed by atoms with Crippen molar-refractivity contribution in [2.45, 2.75) is 13.3 Å². The number of nitrogens with zero attached hydrogens (tertiary/aromatic N) is 3. The number of aromatic nitrogens is 2. The number of benzene rings is 2. The fraction of sp³-hybridized carbons (Fsp3) is 0.200. The third-order valence-corrected chi connectivity index (χ3v) is 7.02. The molecule has 0 unspecified atom stereocenters. The van der Waals surface area contributed by atoms with Crippen LogP contribution in [0.2, 0.25) is 0 Å². The summed E-state index contributed by atoms with van der Waals surface area (Å²) in [6.45, 7) is 1.88. The maximum absolute atomic E-state index is 13.0. The van der Waals surface area contributed by atoms with Crippen molar-refractivity contribution >= 4 is 51.9 Å². The number of hydrogen-bond acceptors (Lipinski definition) is 6. The number of amides is 2. The Labute approximate surface area is 212 Å². The van der Waals surface area contributed by atoms with E-state index in [1.807, 2.05) is 54.6 Å². The lowest BCUT2D eigenvalue weighted by molar-refractivity contribution is -0.122. The number of carbonyl (C=O) groups is 2. The van der Waals surface area contributed by atoms with Gasteiger partial charge < -0.3 is 10.1 Å². The molecule has 0 atom stereocenters. The Balaban J connectivity index is 1.44. The molecule has 35 heavy (non-hydrogen) atoms. The molecular weight excluding hydrogens is 484 g/mol. The van der Waals surface area contributed by atoms with E-state index in [1.165, 1.54) is 21.3 Å². The predicted molar refractivity (Wildman–Crippen MR) is 142 cm³/mol. The number of carbonyl (C=O) groups excluding carboxylic acids is 2. The van der Waals surface area contributed by atoms with Crippen molar-refractivity contribution < 1.29 is 14.3 Å². The number of para-hydroxylation sites is 1. The quantitative estimate of drug-likeness (QED) is 0.387. The zero-order valence-electron chi connectivity index (χ0n) is 19.5. The minimum absolute atomic E-state index is 0.00199. The molecule has 2 heterocycles. The zero-order chi connectivity index (χ0) is 25.1. The summed E-state index contributed by atoms with van der Waals surface area (Å²) in [6, 6.07) is 16.5. The molecule has 1 fully saturated rings. The van der Waals surface area contributed by atoms with Crippen molar-refractivity contribution in [2.75, 3.05) is 19.0 Å². The first-order valence-corrected chi connectivity index (χ1v) is 12.1. The smallest absolute Gasteiger partial charge is 0.295 e. The lowest BCUT2D eigenvalue weighted by Gasteiger charge is -2.13. The number of thioether (sulfide) groups is 1. The van der Waals surface area contributed by atoms with Crippen LogP contribution in [0.4, 0.5) is 5.69 Å². The third-order valence-electron chi connectivity index (χ3n) is 5.65.